The van der Waals surface area contributed by atoms with Gasteiger partial charge in [-0.2, -0.15) is 10.2 Å². The number of hydrogen-bond donors (Lipinski definition) is 2. The van der Waals surface area contributed by atoms with Crippen LogP contribution in [-0.2, 0) is 0 Å². The third-order valence-electron chi connectivity index (χ3n) is 4.36. The van der Waals surface area contributed by atoms with Crippen LogP contribution in [0, 0.1) is 6.92 Å². The van der Waals surface area contributed by atoms with Crippen molar-refractivity contribution < 1.29 is 4.74 Å². The lowest BCUT2D eigenvalue weighted by molar-refractivity contribution is 0.415. The van der Waals surface area contributed by atoms with E-state index in [2.05, 4.69) is 25.7 Å². The third-order valence-corrected chi connectivity index (χ3v) is 4.36. The van der Waals surface area contributed by atoms with Crippen molar-refractivity contribution in [1.82, 2.24) is 25.0 Å². The Balaban J connectivity index is 1.68. The molecule has 4 rings (SSSR count). The minimum Gasteiger partial charge on any atom is -0.497 e. The van der Waals surface area contributed by atoms with E-state index in [4.69, 9.17) is 9.84 Å². The first-order valence-corrected chi connectivity index (χ1v) is 9.16. The average Bonchev–Trinajstić information content (AvgIpc) is 3.21. The van der Waals surface area contributed by atoms with Crippen LogP contribution >= 0.6 is 0 Å². The van der Waals surface area contributed by atoms with Crippen molar-refractivity contribution in [2.45, 2.75) is 6.92 Å². The zero-order valence-corrected chi connectivity index (χ0v) is 16.4. The highest BCUT2D eigenvalue weighted by molar-refractivity contribution is 5.89. The van der Waals surface area contributed by atoms with E-state index in [0.717, 1.165) is 28.3 Å². The molecule has 0 saturated heterocycles. The lowest BCUT2D eigenvalue weighted by Crippen LogP contribution is -2.15. The maximum atomic E-state index is 11.7. The lowest BCUT2D eigenvalue weighted by atomic mass is 10.1. The Labute approximate surface area is 172 Å². The van der Waals surface area contributed by atoms with Gasteiger partial charge in [-0.3, -0.25) is 9.78 Å². The molecule has 0 bridgehead atoms. The summed E-state index contributed by atoms with van der Waals surface area (Å²) in [6.07, 6.45) is 3.50. The molecule has 0 aliphatic carbocycles. The quantitative estimate of drug-likeness (QED) is 0.380. The molecule has 2 aromatic carbocycles. The molecule has 0 atom stereocenters. The fourth-order valence-corrected chi connectivity index (χ4v) is 2.77. The van der Waals surface area contributed by atoms with Gasteiger partial charge in [-0.25, -0.2) is 10.1 Å². The molecule has 30 heavy (non-hydrogen) atoms. The number of H-pyrrole nitrogens is 1. The zero-order valence-electron chi connectivity index (χ0n) is 16.4. The van der Waals surface area contributed by atoms with Gasteiger partial charge in [0.1, 0.15) is 17.1 Å². The van der Waals surface area contributed by atoms with Crippen molar-refractivity contribution in [3.8, 4) is 22.7 Å². The van der Waals surface area contributed by atoms with Crippen LogP contribution in [0.3, 0.4) is 0 Å². The molecular weight excluding hydrogens is 382 g/mol. The SMILES string of the molecule is COc1ccc(-c2nn(-c3ccccc3)cc2/C=N\Nc2nnc(C)c(=O)[nH]2)cc1. The molecule has 9 heteroatoms. The summed E-state index contributed by atoms with van der Waals surface area (Å²) in [5, 5.41) is 16.5. The Morgan fingerprint density at radius 1 is 1.10 bits per heavy atom. The summed E-state index contributed by atoms with van der Waals surface area (Å²) in [6, 6.07) is 17.4. The van der Waals surface area contributed by atoms with E-state index < -0.39 is 0 Å². The van der Waals surface area contributed by atoms with Crippen molar-refractivity contribution in [3.63, 3.8) is 0 Å². The normalized spacial score (nSPS) is 11.0. The van der Waals surface area contributed by atoms with E-state index in [1.165, 1.54) is 0 Å². The summed E-state index contributed by atoms with van der Waals surface area (Å²) in [5.74, 6) is 0.920. The van der Waals surface area contributed by atoms with Gasteiger partial charge in [-0.15, -0.1) is 10.2 Å². The smallest absolute Gasteiger partial charge is 0.274 e. The van der Waals surface area contributed by atoms with Crippen molar-refractivity contribution in [3.05, 3.63) is 82.4 Å². The second-order valence-corrected chi connectivity index (χ2v) is 6.40. The molecule has 0 spiro atoms. The molecule has 0 amide bonds. The molecule has 0 unspecified atom stereocenters. The number of para-hydroxylation sites is 1. The number of ether oxygens (including phenoxy) is 1. The van der Waals surface area contributed by atoms with Crippen molar-refractivity contribution in [2.75, 3.05) is 12.5 Å². The van der Waals surface area contributed by atoms with Crippen LogP contribution in [0.15, 0.2) is 70.7 Å². The average molecular weight is 401 g/mol. The van der Waals surface area contributed by atoms with Crippen LogP contribution in [0.1, 0.15) is 11.3 Å². The molecule has 2 N–H and O–H groups in total. The van der Waals surface area contributed by atoms with Crippen LogP contribution in [-0.4, -0.2) is 38.3 Å². The maximum Gasteiger partial charge on any atom is 0.274 e. The van der Waals surface area contributed by atoms with E-state index in [1.54, 1.807) is 24.9 Å². The van der Waals surface area contributed by atoms with Gasteiger partial charge in [0.15, 0.2) is 0 Å². The molecule has 0 radical (unpaired) electrons. The number of methoxy groups -OCH3 is 1. The van der Waals surface area contributed by atoms with Crippen molar-refractivity contribution >= 4 is 12.2 Å². The van der Waals surface area contributed by atoms with Crippen molar-refractivity contribution in [1.29, 1.82) is 0 Å². The number of aryl methyl sites for hydroxylation is 1. The number of nitrogens with one attached hydrogen (secondary N) is 2. The predicted molar refractivity (Wildman–Crippen MR) is 114 cm³/mol. The fourth-order valence-electron chi connectivity index (χ4n) is 2.77. The number of rotatable bonds is 6. The summed E-state index contributed by atoms with van der Waals surface area (Å²) in [5.41, 5.74) is 6.02. The standard InChI is InChI=1S/C21H19N7O2/c1-14-20(29)23-21(26-24-14)25-22-12-16-13-28(17-6-4-3-5-7-17)27-19(16)15-8-10-18(30-2)11-9-15/h3-13H,1-2H3,(H2,23,25,26,29)/b22-12-. The minimum atomic E-state index is -0.321. The molecule has 0 aliphatic heterocycles. The van der Waals surface area contributed by atoms with Crippen LogP contribution in [0.4, 0.5) is 5.95 Å². The minimum absolute atomic E-state index is 0.156. The van der Waals surface area contributed by atoms with E-state index in [9.17, 15) is 4.79 Å². The molecule has 0 aliphatic rings. The first-order valence-electron chi connectivity index (χ1n) is 9.16. The molecule has 9 nitrogen and oxygen atoms in total. The fraction of sp³-hybridized carbons (Fsp3) is 0.0952. The highest BCUT2D eigenvalue weighted by Crippen LogP contribution is 2.25. The number of nitrogens with zero attached hydrogens (tertiary/aromatic N) is 5. The van der Waals surface area contributed by atoms with Gasteiger partial charge in [0, 0.05) is 17.3 Å². The summed E-state index contributed by atoms with van der Waals surface area (Å²) in [7, 11) is 1.63. The first kappa shape index (κ1) is 19.1. The Morgan fingerprint density at radius 3 is 2.57 bits per heavy atom. The van der Waals surface area contributed by atoms with Gasteiger partial charge in [0.05, 0.1) is 19.0 Å². The molecule has 2 aromatic heterocycles. The third kappa shape index (κ3) is 4.09. The molecule has 4 aromatic rings. The maximum absolute atomic E-state index is 11.7. The molecule has 2 heterocycles. The highest BCUT2D eigenvalue weighted by Gasteiger charge is 2.11. The second-order valence-electron chi connectivity index (χ2n) is 6.40. The van der Waals surface area contributed by atoms with E-state index in [-0.39, 0.29) is 17.2 Å². The summed E-state index contributed by atoms with van der Waals surface area (Å²) >= 11 is 0. The predicted octanol–water partition coefficient (Wildman–Crippen LogP) is 2.78. The van der Waals surface area contributed by atoms with Crippen LogP contribution in [0.25, 0.3) is 16.9 Å². The molecule has 0 fully saturated rings. The van der Waals surface area contributed by atoms with E-state index in [1.807, 2.05) is 60.8 Å². The number of anilines is 1. The first-order chi connectivity index (χ1) is 14.6. The summed E-state index contributed by atoms with van der Waals surface area (Å²) < 4.78 is 7.02. The second kappa shape index (κ2) is 8.39. The number of aromatic nitrogens is 5. The zero-order chi connectivity index (χ0) is 20.9. The van der Waals surface area contributed by atoms with Crippen LogP contribution in [0.5, 0.6) is 5.75 Å². The molecule has 0 saturated carbocycles. The Morgan fingerprint density at radius 2 is 1.87 bits per heavy atom. The van der Waals surface area contributed by atoms with E-state index >= 15 is 0 Å². The Bertz CT molecular complexity index is 1230. The molecule has 150 valence electrons. The van der Waals surface area contributed by atoms with Gasteiger partial charge in [-0.1, -0.05) is 18.2 Å². The lowest BCUT2D eigenvalue weighted by Gasteiger charge is -2.02. The van der Waals surface area contributed by atoms with Gasteiger partial charge in [0.25, 0.3) is 5.56 Å². The number of hydrogen-bond acceptors (Lipinski definition) is 7. The van der Waals surface area contributed by atoms with Gasteiger partial charge >= 0.3 is 0 Å². The largest absolute Gasteiger partial charge is 0.497 e. The Hall–Kier alpha value is -4.27. The van der Waals surface area contributed by atoms with Crippen LogP contribution < -0.4 is 15.7 Å². The topological polar surface area (TPSA) is 110 Å². The van der Waals surface area contributed by atoms with E-state index in [0.29, 0.717) is 0 Å². The number of benzene rings is 2. The summed E-state index contributed by atoms with van der Waals surface area (Å²) in [6.45, 7) is 1.58. The monoisotopic (exact) mass is 401 g/mol. The molecular formula is C21H19N7O2. The van der Waals surface area contributed by atoms with Gasteiger partial charge < -0.3 is 4.74 Å². The number of aromatic amines is 1. The summed E-state index contributed by atoms with van der Waals surface area (Å²) in [4.78, 5) is 14.2. The Kier molecular flexibility index (Phi) is 5.33. The number of hydrazone groups is 1. The van der Waals surface area contributed by atoms with Gasteiger partial charge in [-0.05, 0) is 43.3 Å². The van der Waals surface area contributed by atoms with Crippen molar-refractivity contribution in [2.24, 2.45) is 5.10 Å². The van der Waals surface area contributed by atoms with Gasteiger partial charge in [0.2, 0.25) is 5.95 Å². The highest BCUT2D eigenvalue weighted by atomic mass is 16.5. The van der Waals surface area contributed by atoms with Crippen LogP contribution in [0.2, 0.25) is 0 Å².